The fraction of sp³-hybridized carbons (Fsp3) is 0.273. The molecule has 0 spiro atoms. The maximum Gasteiger partial charge on any atom is 0.315 e. The molecule has 0 saturated carbocycles. The van der Waals surface area contributed by atoms with Gasteiger partial charge < -0.3 is 46.9 Å². The van der Waals surface area contributed by atoms with Gasteiger partial charge in [0.2, 0.25) is 5.91 Å². The summed E-state index contributed by atoms with van der Waals surface area (Å²) >= 11 is 0. The zero-order valence-electron chi connectivity index (χ0n) is 32.5. The van der Waals surface area contributed by atoms with Gasteiger partial charge in [-0.2, -0.15) is 0 Å². The minimum atomic E-state index is -0.693. The summed E-state index contributed by atoms with van der Waals surface area (Å²) in [6.07, 6.45) is 1.86. The quantitative estimate of drug-likeness (QED) is 0.0623. The lowest BCUT2D eigenvalue weighted by Crippen LogP contribution is -2.34. The Morgan fingerprint density at radius 3 is 1.93 bits per heavy atom. The molecule has 1 heterocycles. The molecule has 298 valence electrons. The molecule has 5 rings (SSSR count). The Morgan fingerprint density at radius 2 is 1.28 bits per heavy atom. The predicted octanol–water partition coefficient (Wildman–Crippen LogP) is 4.72. The van der Waals surface area contributed by atoms with E-state index < -0.39 is 6.10 Å². The van der Waals surface area contributed by atoms with E-state index in [9.17, 15) is 19.5 Å². The monoisotopic (exact) mass is 773 g/mol. The van der Waals surface area contributed by atoms with Crippen LogP contribution in [0.5, 0.6) is 11.5 Å². The van der Waals surface area contributed by atoms with E-state index >= 15 is 0 Å². The van der Waals surface area contributed by atoms with Crippen molar-refractivity contribution >= 4 is 23.7 Å². The van der Waals surface area contributed by atoms with Crippen LogP contribution in [0.25, 0.3) is 0 Å². The third-order valence-corrected chi connectivity index (χ3v) is 9.29. The lowest BCUT2D eigenvalue weighted by molar-refractivity contribution is -0.120. The third kappa shape index (κ3) is 13.4. The first-order valence-corrected chi connectivity index (χ1v) is 18.7. The van der Waals surface area contributed by atoms with Crippen LogP contribution < -0.4 is 41.8 Å². The van der Waals surface area contributed by atoms with Crippen molar-refractivity contribution in [2.45, 2.75) is 58.1 Å². The molecule has 13 nitrogen and oxygen atoms in total. The molecule has 8 N–H and O–H groups in total. The van der Waals surface area contributed by atoms with Crippen LogP contribution in [0, 0.1) is 0 Å². The number of nitrogens with one attached hydrogen (secondary N) is 5. The summed E-state index contributed by atoms with van der Waals surface area (Å²) in [4.78, 5) is 42.0. The Kier molecular flexibility index (Phi) is 15.4. The summed E-state index contributed by atoms with van der Waals surface area (Å²) in [7, 11) is 3.14. The molecule has 1 aromatic heterocycles. The molecule has 0 unspecified atom stereocenters. The first-order valence-electron chi connectivity index (χ1n) is 18.7. The SMILES string of the molecule is COc1ccc(CNC(=O)NCc2ccc(CNC(=O)c3ccc(CNC(=O)Cc4cccc(C[C@@H](C)NC[C@H](O)c5ccc(N)nc5)c4)cc3)cc2)cc1OC. The van der Waals surface area contributed by atoms with Crippen molar-refractivity contribution in [3.05, 3.63) is 154 Å². The van der Waals surface area contributed by atoms with Gasteiger partial charge in [0.15, 0.2) is 11.5 Å². The van der Waals surface area contributed by atoms with Crippen molar-refractivity contribution in [2.75, 3.05) is 26.5 Å². The Hall–Kier alpha value is -6.44. The first kappa shape index (κ1) is 41.7. The summed E-state index contributed by atoms with van der Waals surface area (Å²) in [5.74, 6) is 1.32. The van der Waals surface area contributed by atoms with E-state index in [2.05, 4.69) is 38.5 Å². The van der Waals surface area contributed by atoms with Gasteiger partial charge in [0.05, 0.1) is 26.7 Å². The minimum absolute atomic E-state index is 0.0988. The third-order valence-electron chi connectivity index (χ3n) is 9.29. The number of benzene rings is 4. The van der Waals surface area contributed by atoms with Gasteiger partial charge in [-0.15, -0.1) is 0 Å². The van der Waals surface area contributed by atoms with Crippen LogP contribution >= 0.6 is 0 Å². The molecule has 4 amide bonds. The highest BCUT2D eigenvalue weighted by molar-refractivity contribution is 5.94. The Bertz CT molecular complexity index is 2080. The number of hydrogen-bond acceptors (Lipinski definition) is 9. The molecule has 0 radical (unpaired) electrons. The Balaban J connectivity index is 0.977. The van der Waals surface area contributed by atoms with Gasteiger partial charge >= 0.3 is 6.03 Å². The number of ether oxygens (including phenoxy) is 2. The number of hydrogen-bond donors (Lipinski definition) is 7. The van der Waals surface area contributed by atoms with E-state index in [1.54, 1.807) is 50.7 Å². The van der Waals surface area contributed by atoms with Crippen LogP contribution in [0.1, 0.15) is 62.3 Å². The number of nitrogens with two attached hydrogens (primary N) is 1. The van der Waals surface area contributed by atoms with Crippen molar-refractivity contribution in [3.63, 3.8) is 0 Å². The number of carbonyl (C=O) groups is 3. The number of aliphatic hydroxyl groups excluding tert-OH is 1. The van der Waals surface area contributed by atoms with E-state index in [0.29, 0.717) is 61.2 Å². The normalized spacial score (nSPS) is 11.9. The number of pyridine rings is 1. The molecule has 0 fully saturated rings. The van der Waals surface area contributed by atoms with Gasteiger partial charge in [-0.3, -0.25) is 9.59 Å². The summed E-state index contributed by atoms with van der Waals surface area (Å²) < 4.78 is 10.6. The smallest absolute Gasteiger partial charge is 0.315 e. The topological polar surface area (TPSA) is 189 Å². The molecule has 0 aliphatic heterocycles. The van der Waals surface area contributed by atoms with E-state index in [0.717, 1.165) is 39.8 Å². The number of methoxy groups -OCH3 is 2. The van der Waals surface area contributed by atoms with Gasteiger partial charge in [-0.1, -0.05) is 72.8 Å². The molecular formula is C44H51N7O6. The maximum atomic E-state index is 12.8. The summed E-state index contributed by atoms with van der Waals surface area (Å²) in [5.41, 5.74) is 12.5. The highest BCUT2D eigenvalue weighted by Gasteiger charge is 2.13. The second kappa shape index (κ2) is 21.0. The first-order chi connectivity index (χ1) is 27.6. The molecule has 4 aromatic carbocycles. The molecule has 57 heavy (non-hydrogen) atoms. The van der Waals surface area contributed by atoms with Gasteiger partial charge in [0, 0.05) is 56.1 Å². The van der Waals surface area contributed by atoms with Gasteiger partial charge in [0.25, 0.3) is 5.91 Å². The summed E-state index contributed by atoms with van der Waals surface area (Å²) in [5, 5.41) is 25.4. The van der Waals surface area contributed by atoms with Crippen LogP contribution in [0.3, 0.4) is 0 Å². The van der Waals surface area contributed by atoms with Gasteiger partial charge in [0.1, 0.15) is 5.82 Å². The van der Waals surface area contributed by atoms with Crippen molar-refractivity contribution in [1.82, 2.24) is 31.6 Å². The number of aromatic nitrogens is 1. The molecule has 0 aliphatic rings. The van der Waals surface area contributed by atoms with Crippen LogP contribution in [0.4, 0.5) is 10.6 Å². The fourth-order valence-corrected chi connectivity index (χ4v) is 6.04. The van der Waals surface area contributed by atoms with E-state index in [-0.39, 0.29) is 30.3 Å². The number of rotatable bonds is 19. The molecule has 0 bridgehead atoms. The van der Waals surface area contributed by atoms with Crippen LogP contribution in [0.2, 0.25) is 0 Å². The van der Waals surface area contributed by atoms with Crippen molar-refractivity contribution < 1.29 is 29.0 Å². The molecule has 0 saturated heterocycles. The minimum Gasteiger partial charge on any atom is -0.493 e. The van der Waals surface area contributed by atoms with Crippen LogP contribution in [-0.4, -0.2) is 54.7 Å². The molecule has 0 aliphatic carbocycles. The van der Waals surface area contributed by atoms with E-state index in [1.807, 2.05) is 72.8 Å². The van der Waals surface area contributed by atoms with E-state index in [1.165, 1.54) is 0 Å². The largest absolute Gasteiger partial charge is 0.493 e. The number of nitrogens with zero attached hydrogens (tertiary/aromatic N) is 1. The zero-order valence-corrected chi connectivity index (χ0v) is 32.5. The van der Waals surface area contributed by atoms with Crippen LogP contribution in [0.15, 0.2) is 109 Å². The molecule has 13 heteroatoms. The fourth-order valence-electron chi connectivity index (χ4n) is 6.04. The number of urea groups is 1. The number of amides is 4. The second-order valence-corrected chi connectivity index (χ2v) is 13.7. The lowest BCUT2D eigenvalue weighted by Gasteiger charge is -2.18. The highest BCUT2D eigenvalue weighted by atomic mass is 16.5. The Morgan fingerprint density at radius 1 is 0.684 bits per heavy atom. The van der Waals surface area contributed by atoms with Gasteiger partial charge in [-0.25, -0.2) is 9.78 Å². The average molecular weight is 774 g/mol. The van der Waals surface area contributed by atoms with Crippen molar-refractivity contribution in [3.8, 4) is 11.5 Å². The highest BCUT2D eigenvalue weighted by Crippen LogP contribution is 2.27. The number of aliphatic hydroxyl groups is 1. The Labute approximate surface area is 333 Å². The van der Waals surface area contributed by atoms with Crippen molar-refractivity contribution in [2.24, 2.45) is 0 Å². The summed E-state index contributed by atoms with van der Waals surface area (Å²) in [6, 6.07) is 31.4. The summed E-state index contributed by atoms with van der Waals surface area (Å²) in [6.45, 7) is 3.80. The van der Waals surface area contributed by atoms with E-state index in [4.69, 9.17) is 15.2 Å². The molecule has 2 atom stereocenters. The maximum absolute atomic E-state index is 12.8. The molecule has 5 aromatic rings. The second-order valence-electron chi connectivity index (χ2n) is 13.7. The number of carbonyl (C=O) groups excluding carboxylic acids is 3. The predicted molar refractivity (Wildman–Crippen MR) is 219 cm³/mol. The average Bonchev–Trinajstić information content (AvgIpc) is 3.23. The van der Waals surface area contributed by atoms with Crippen LogP contribution in [-0.2, 0) is 43.8 Å². The zero-order chi connectivity index (χ0) is 40.6. The van der Waals surface area contributed by atoms with Gasteiger partial charge in [-0.05, 0) is 77.1 Å². The standard InChI is InChI=1S/C44H51N7O6/c1-29(46-28-38(52)37-16-18-41(45)47-27-37)19-33-5-4-6-34(20-33)22-42(53)48-23-32-11-14-36(15-12-32)43(54)49-24-30-7-9-31(10-8-30)25-50-44(55)51-26-35-13-17-39(56-2)40(21-35)57-3/h4-18,20-21,27,29,38,46,52H,19,22-26,28H2,1-3H3,(H2,45,47)(H,48,53)(H,49,54)(H2,50,51,55)/t29-,38+/m1/s1. The van der Waals surface area contributed by atoms with Crippen molar-refractivity contribution in [1.29, 1.82) is 0 Å². The number of anilines is 1. The lowest BCUT2D eigenvalue weighted by atomic mass is 10.0. The number of nitrogen functional groups attached to an aromatic ring is 1. The molecular weight excluding hydrogens is 723 g/mol.